The van der Waals surface area contributed by atoms with Crippen molar-refractivity contribution in [3.8, 4) is 11.5 Å². The minimum atomic E-state index is -0.227. The number of rotatable bonds is 7. The van der Waals surface area contributed by atoms with E-state index >= 15 is 0 Å². The lowest BCUT2D eigenvalue weighted by molar-refractivity contribution is -0.118. The predicted molar refractivity (Wildman–Crippen MR) is 122 cm³/mol. The second kappa shape index (κ2) is 10.4. The Morgan fingerprint density at radius 3 is 2.43 bits per heavy atom. The standard InChI is InChI=1S/C23H28N2O4S/c1-4-28-21-14-18(23(30)25-7-9-27-10-8-25)5-6-20(21)29-15-22(26)24-19-12-16(2)11-17(3)13-19/h5-6,11-14H,4,7-10,15H2,1-3H3,(H,24,26). The highest BCUT2D eigenvalue weighted by Gasteiger charge is 2.17. The summed E-state index contributed by atoms with van der Waals surface area (Å²) >= 11 is 5.64. The second-order valence-electron chi connectivity index (χ2n) is 7.21. The topological polar surface area (TPSA) is 60.0 Å². The summed E-state index contributed by atoms with van der Waals surface area (Å²) in [6.45, 7) is 9.18. The zero-order valence-corrected chi connectivity index (χ0v) is 18.5. The molecule has 2 aromatic carbocycles. The summed E-state index contributed by atoms with van der Waals surface area (Å²) in [5.74, 6) is 0.862. The number of morpholine rings is 1. The van der Waals surface area contributed by atoms with Gasteiger partial charge in [0.25, 0.3) is 5.91 Å². The van der Waals surface area contributed by atoms with Crippen molar-refractivity contribution < 1.29 is 19.0 Å². The van der Waals surface area contributed by atoms with E-state index < -0.39 is 0 Å². The number of hydrogen-bond donors (Lipinski definition) is 1. The number of hydrogen-bond acceptors (Lipinski definition) is 5. The molecule has 0 aliphatic carbocycles. The molecular formula is C23H28N2O4S. The van der Waals surface area contributed by atoms with Crippen LogP contribution in [0.4, 0.5) is 5.69 Å². The Labute approximate surface area is 183 Å². The van der Waals surface area contributed by atoms with E-state index in [1.807, 2.05) is 45.0 Å². The zero-order valence-electron chi connectivity index (χ0n) is 17.7. The summed E-state index contributed by atoms with van der Waals surface area (Å²) in [4.78, 5) is 15.2. The second-order valence-corrected chi connectivity index (χ2v) is 7.60. The molecule has 0 unspecified atom stereocenters. The molecule has 1 saturated heterocycles. The Hall–Kier alpha value is -2.64. The van der Waals surface area contributed by atoms with Gasteiger partial charge < -0.3 is 24.4 Å². The van der Waals surface area contributed by atoms with Gasteiger partial charge in [-0.25, -0.2) is 0 Å². The fourth-order valence-electron chi connectivity index (χ4n) is 3.36. The predicted octanol–water partition coefficient (Wildman–Crippen LogP) is 3.73. The van der Waals surface area contributed by atoms with Gasteiger partial charge in [0, 0.05) is 24.3 Å². The van der Waals surface area contributed by atoms with E-state index in [1.54, 1.807) is 6.07 Å². The van der Waals surface area contributed by atoms with Gasteiger partial charge in [-0.1, -0.05) is 18.3 Å². The summed E-state index contributed by atoms with van der Waals surface area (Å²) in [7, 11) is 0. The molecule has 3 rings (SSSR count). The van der Waals surface area contributed by atoms with Crippen molar-refractivity contribution in [2.75, 3.05) is 44.8 Å². The van der Waals surface area contributed by atoms with Gasteiger partial charge in [0.1, 0.15) is 4.99 Å². The van der Waals surface area contributed by atoms with Crippen LogP contribution in [0.3, 0.4) is 0 Å². The summed E-state index contributed by atoms with van der Waals surface area (Å²) in [6, 6.07) is 11.5. The van der Waals surface area contributed by atoms with E-state index in [0.29, 0.717) is 31.3 Å². The average Bonchev–Trinajstić information content (AvgIpc) is 2.72. The molecule has 160 valence electrons. The minimum Gasteiger partial charge on any atom is -0.490 e. The normalized spacial score (nSPS) is 13.6. The smallest absolute Gasteiger partial charge is 0.262 e. The summed E-state index contributed by atoms with van der Waals surface area (Å²) in [5.41, 5.74) is 3.84. The van der Waals surface area contributed by atoms with Crippen LogP contribution in [0.5, 0.6) is 11.5 Å². The largest absolute Gasteiger partial charge is 0.490 e. The number of benzene rings is 2. The summed E-state index contributed by atoms with van der Waals surface area (Å²) < 4.78 is 16.9. The van der Waals surface area contributed by atoms with E-state index in [9.17, 15) is 4.79 Å². The molecular weight excluding hydrogens is 400 g/mol. The number of nitrogens with one attached hydrogen (secondary N) is 1. The van der Waals surface area contributed by atoms with Crippen LogP contribution < -0.4 is 14.8 Å². The Balaban J connectivity index is 1.65. The van der Waals surface area contributed by atoms with Crippen molar-refractivity contribution in [3.63, 3.8) is 0 Å². The van der Waals surface area contributed by atoms with Gasteiger partial charge in [0.2, 0.25) is 0 Å². The zero-order chi connectivity index (χ0) is 21.5. The number of amides is 1. The molecule has 6 nitrogen and oxygen atoms in total. The highest BCUT2D eigenvalue weighted by Crippen LogP contribution is 2.29. The van der Waals surface area contributed by atoms with E-state index in [4.69, 9.17) is 26.4 Å². The van der Waals surface area contributed by atoms with Crippen molar-refractivity contribution >= 4 is 28.8 Å². The molecule has 1 aliphatic heterocycles. The molecule has 30 heavy (non-hydrogen) atoms. The monoisotopic (exact) mass is 428 g/mol. The van der Waals surface area contributed by atoms with Crippen LogP contribution in [0.1, 0.15) is 23.6 Å². The summed E-state index contributed by atoms with van der Waals surface area (Å²) in [5, 5.41) is 2.87. The first-order chi connectivity index (χ1) is 14.5. The molecule has 1 heterocycles. The van der Waals surface area contributed by atoms with Crippen molar-refractivity contribution in [2.24, 2.45) is 0 Å². The molecule has 0 radical (unpaired) electrons. The lowest BCUT2D eigenvalue weighted by atomic mass is 10.1. The fraction of sp³-hybridized carbons (Fsp3) is 0.391. The van der Waals surface area contributed by atoms with Crippen LogP contribution in [0.25, 0.3) is 0 Å². The Morgan fingerprint density at radius 2 is 1.77 bits per heavy atom. The molecule has 1 fully saturated rings. The maximum absolute atomic E-state index is 12.3. The Kier molecular flexibility index (Phi) is 7.65. The first-order valence-corrected chi connectivity index (χ1v) is 10.5. The average molecular weight is 429 g/mol. The number of aryl methyl sites for hydroxylation is 2. The van der Waals surface area contributed by atoms with Crippen LogP contribution in [0.2, 0.25) is 0 Å². The molecule has 0 bridgehead atoms. The Bertz CT molecular complexity index is 890. The number of anilines is 1. The first-order valence-electron chi connectivity index (χ1n) is 10.1. The summed E-state index contributed by atoms with van der Waals surface area (Å²) in [6.07, 6.45) is 0. The third kappa shape index (κ3) is 5.93. The molecule has 7 heteroatoms. The van der Waals surface area contributed by atoms with Crippen molar-refractivity contribution in [2.45, 2.75) is 20.8 Å². The van der Waals surface area contributed by atoms with Crippen LogP contribution in [-0.2, 0) is 9.53 Å². The number of nitrogens with zero attached hydrogens (tertiary/aromatic N) is 1. The maximum Gasteiger partial charge on any atom is 0.262 e. The van der Waals surface area contributed by atoms with Gasteiger partial charge in [-0.3, -0.25) is 4.79 Å². The van der Waals surface area contributed by atoms with Gasteiger partial charge >= 0.3 is 0 Å². The number of carbonyl (C=O) groups excluding carboxylic acids is 1. The number of thiocarbonyl (C=S) groups is 1. The number of ether oxygens (including phenoxy) is 3. The van der Waals surface area contributed by atoms with Gasteiger partial charge in [-0.15, -0.1) is 0 Å². The van der Waals surface area contributed by atoms with Gasteiger partial charge in [-0.05, 0) is 62.2 Å². The molecule has 0 spiro atoms. The van der Waals surface area contributed by atoms with Crippen molar-refractivity contribution in [1.29, 1.82) is 0 Å². The molecule has 0 atom stereocenters. The van der Waals surface area contributed by atoms with E-state index in [0.717, 1.165) is 40.5 Å². The third-order valence-electron chi connectivity index (χ3n) is 4.65. The van der Waals surface area contributed by atoms with Gasteiger partial charge in [-0.2, -0.15) is 0 Å². The van der Waals surface area contributed by atoms with Crippen LogP contribution >= 0.6 is 12.2 Å². The van der Waals surface area contributed by atoms with Crippen LogP contribution in [0.15, 0.2) is 36.4 Å². The van der Waals surface area contributed by atoms with Crippen molar-refractivity contribution in [3.05, 3.63) is 53.1 Å². The van der Waals surface area contributed by atoms with E-state index in [-0.39, 0.29) is 12.5 Å². The molecule has 2 aromatic rings. The van der Waals surface area contributed by atoms with Crippen molar-refractivity contribution in [1.82, 2.24) is 4.90 Å². The Morgan fingerprint density at radius 1 is 1.07 bits per heavy atom. The third-order valence-corrected chi connectivity index (χ3v) is 5.15. The van der Waals surface area contributed by atoms with E-state index in [2.05, 4.69) is 16.3 Å². The number of carbonyl (C=O) groups is 1. The highest BCUT2D eigenvalue weighted by atomic mass is 32.1. The van der Waals surface area contributed by atoms with Crippen LogP contribution in [-0.4, -0.2) is 55.3 Å². The minimum absolute atomic E-state index is 0.111. The highest BCUT2D eigenvalue weighted by molar-refractivity contribution is 7.80. The lowest BCUT2D eigenvalue weighted by Crippen LogP contribution is -2.40. The van der Waals surface area contributed by atoms with Gasteiger partial charge in [0.05, 0.1) is 19.8 Å². The molecule has 0 saturated carbocycles. The molecule has 1 amide bonds. The molecule has 0 aromatic heterocycles. The fourth-order valence-corrected chi connectivity index (χ4v) is 3.67. The first kappa shape index (κ1) is 22.1. The lowest BCUT2D eigenvalue weighted by Gasteiger charge is -2.29. The molecule has 1 aliphatic rings. The molecule has 1 N–H and O–H groups in total. The van der Waals surface area contributed by atoms with E-state index in [1.165, 1.54) is 0 Å². The SMILES string of the molecule is CCOc1cc(C(=S)N2CCOCC2)ccc1OCC(=O)Nc1cc(C)cc(C)c1. The quantitative estimate of drug-likeness (QED) is 0.678. The maximum atomic E-state index is 12.3. The van der Waals surface area contributed by atoms with Gasteiger partial charge in [0.15, 0.2) is 18.1 Å². The van der Waals surface area contributed by atoms with Crippen LogP contribution in [0, 0.1) is 13.8 Å².